The molecule has 6 heteroatoms. The first kappa shape index (κ1) is 20.8. The van der Waals surface area contributed by atoms with E-state index in [-0.39, 0.29) is 11.9 Å². The quantitative estimate of drug-likeness (QED) is 0.736. The molecule has 5 nitrogen and oxygen atoms in total. The minimum Gasteiger partial charge on any atom is -0.497 e. The lowest BCUT2D eigenvalue weighted by molar-refractivity contribution is -0.123. The van der Waals surface area contributed by atoms with Gasteiger partial charge in [-0.25, -0.2) is 0 Å². The monoisotopic (exact) mass is 401 g/mol. The first-order valence-electron chi connectivity index (χ1n) is 9.95. The van der Waals surface area contributed by atoms with Crippen LogP contribution in [0.2, 0.25) is 0 Å². The Labute approximate surface area is 172 Å². The van der Waals surface area contributed by atoms with E-state index in [0.717, 1.165) is 44.0 Å². The van der Waals surface area contributed by atoms with Crippen molar-refractivity contribution in [3.63, 3.8) is 0 Å². The van der Waals surface area contributed by atoms with Crippen molar-refractivity contribution in [3.8, 4) is 5.75 Å². The molecule has 1 aliphatic rings. The van der Waals surface area contributed by atoms with Crippen molar-refractivity contribution in [2.24, 2.45) is 5.92 Å². The predicted molar refractivity (Wildman–Crippen MR) is 115 cm³/mol. The van der Waals surface area contributed by atoms with E-state index in [1.165, 1.54) is 4.88 Å². The Balaban J connectivity index is 1.48. The van der Waals surface area contributed by atoms with Gasteiger partial charge < -0.3 is 10.1 Å². The van der Waals surface area contributed by atoms with Crippen molar-refractivity contribution in [3.05, 3.63) is 52.2 Å². The number of carbonyl (C=O) groups is 1. The number of amides is 1. The Morgan fingerprint density at radius 2 is 1.79 bits per heavy atom. The number of nitrogens with one attached hydrogen (secondary N) is 1. The normalized spacial score (nSPS) is 16.9. The maximum atomic E-state index is 12.7. The summed E-state index contributed by atoms with van der Waals surface area (Å²) >= 11 is 1.81. The van der Waals surface area contributed by atoms with E-state index in [4.69, 9.17) is 4.74 Å². The van der Waals surface area contributed by atoms with E-state index < -0.39 is 0 Å². The van der Waals surface area contributed by atoms with Gasteiger partial charge in [-0.15, -0.1) is 11.3 Å². The summed E-state index contributed by atoms with van der Waals surface area (Å²) in [6.45, 7) is 9.66. The highest BCUT2D eigenvalue weighted by Crippen LogP contribution is 2.24. The molecule has 0 spiro atoms. The van der Waals surface area contributed by atoms with Gasteiger partial charge in [0, 0.05) is 37.6 Å². The molecular formula is C22H31N3O2S. The smallest absolute Gasteiger partial charge is 0.234 e. The molecular weight excluding hydrogens is 370 g/mol. The zero-order valence-corrected chi connectivity index (χ0v) is 17.9. The fourth-order valence-corrected chi connectivity index (χ4v) is 4.34. The van der Waals surface area contributed by atoms with E-state index in [1.54, 1.807) is 7.11 Å². The van der Waals surface area contributed by atoms with Crippen LogP contribution in [0.3, 0.4) is 0 Å². The highest BCUT2D eigenvalue weighted by molar-refractivity contribution is 7.09. The third kappa shape index (κ3) is 5.80. The largest absolute Gasteiger partial charge is 0.497 e. The molecule has 1 aromatic heterocycles. The first-order valence-corrected chi connectivity index (χ1v) is 10.8. The number of ether oxygens (including phenoxy) is 1. The summed E-state index contributed by atoms with van der Waals surface area (Å²) in [4.78, 5) is 18.8. The molecule has 152 valence electrons. The number of nitrogens with zero attached hydrogens (tertiary/aromatic N) is 2. The number of hydrogen-bond acceptors (Lipinski definition) is 5. The van der Waals surface area contributed by atoms with Gasteiger partial charge in [-0.05, 0) is 35.1 Å². The maximum Gasteiger partial charge on any atom is 0.234 e. The molecule has 0 radical (unpaired) electrons. The molecule has 2 heterocycles. The highest BCUT2D eigenvalue weighted by atomic mass is 32.1. The number of thiophene rings is 1. The van der Waals surface area contributed by atoms with Crippen LogP contribution in [0.15, 0.2) is 41.8 Å². The molecule has 1 aromatic carbocycles. The fourth-order valence-electron chi connectivity index (χ4n) is 3.60. The second kappa shape index (κ2) is 10.0. The second-order valence-electron chi connectivity index (χ2n) is 7.69. The Kier molecular flexibility index (Phi) is 7.48. The molecule has 1 unspecified atom stereocenters. The third-order valence-corrected chi connectivity index (χ3v) is 6.11. The second-order valence-corrected chi connectivity index (χ2v) is 8.73. The van der Waals surface area contributed by atoms with Crippen molar-refractivity contribution in [1.29, 1.82) is 0 Å². The van der Waals surface area contributed by atoms with Crippen LogP contribution in [0.5, 0.6) is 5.75 Å². The number of hydrogen-bond donors (Lipinski definition) is 1. The van der Waals surface area contributed by atoms with Gasteiger partial charge >= 0.3 is 0 Å². The summed E-state index contributed by atoms with van der Waals surface area (Å²) in [7, 11) is 1.66. The van der Waals surface area contributed by atoms with E-state index in [1.807, 2.05) is 35.6 Å². The Morgan fingerprint density at radius 1 is 1.11 bits per heavy atom. The molecule has 3 rings (SSSR count). The average Bonchev–Trinajstić information content (AvgIpc) is 3.21. The molecule has 28 heavy (non-hydrogen) atoms. The standard InChI is InChI=1S/C22H31N3O2S/c1-17(2)22(18-6-8-19(27-3)9-7-18)23-21(26)16-25-12-10-24(11-13-25)15-20-5-4-14-28-20/h4-9,14,17,22H,10-13,15-16H2,1-3H3,(H,23,26). The lowest BCUT2D eigenvalue weighted by atomic mass is 9.96. The van der Waals surface area contributed by atoms with Crippen LogP contribution in [0, 0.1) is 5.92 Å². The fraction of sp³-hybridized carbons (Fsp3) is 0.500. The summed E-state index contributed by atoms with van der Waals surface area (Å²) in [5.41, 5.74) is 1.12. The minimum absolute atomic E-state index is 0.0125. The van der Waals surface area contributed by atoms with Crippen molar-refractivity contribution >= 4 is 17.2 Å². The SMILES string of the molecule is COc1ccc(C(NC(=O)CN2CCN(Cc3cccs3)CC2)C(C)C)cc1. The van der Waals surface area contributed by atoms with Gasteiger partial charge in [0.2, 0.25) is 5.91 Å². The number of benzene rings is 1. The zero-order valence-electron chi connectivity index (χ0n) is 17.1. The first-order chi connectivity index (χ1) is 13.5. The average molecular weight is 402 g/mol. The molecule has 1 N–H and O–H groups in total. The molecule has 1 saturated heterocycles. The van der Waals surface area contributed by atoms with Crippen LogP contribution >= 0.6 is 11.3 Å². The van der Waals surface area contributed by atoms with Gasteiger partial charge in [0.05, 0.1) is 19.7 Å². The molecule has 2 aromatic rings. The predicted octanol–water partition coefficient (Wildman–Crippen LogP) is 3.39. The van der Waals surface area contributed by atoms with Gasteiger partial charge in [-0.2, -0.15) is 0 Å². The lowest BCUT2D eigenvalue weighted by Crippen LogP contribution is -2.49. The van der Waals surface area contributed by atoms with Gasteiger partial charge in [0.1, 0.15) is 5.75 Å². The van der Waals surface area contributed by atoms with E-state index in [9.17, 15) is 4.79 Å². The third-order valence-electron chi connectivity index (χ3n) is 5.25. The summed E-state index contributed by atoms with van der Waals surface area (Å²) < 4.78 is 5.24. The number of piperazine rings is 1. The summed E-state index contributed by atoms with van der Waals surface area (Å²) in [5, 5.41) is 5.36. The van der Waals surface area contributed by atoms with Crippen molar-refractivity contribution < 1.29 is 9.53 Å². The van der Waals surface area contributed by atoms with Crippen molar-refractivity contribution in [2.75, 3.05) is 39.8 Å². The van der Waals surface area contributed by atoms with Crippen LogP contribution in [-0.2, 0) is 11.3 Å². The molecule has 1 atom stereocenters. The van der Waals surface area contributed by atoms with E-state index in [0.29, 0.717) is 12.5 Å². The molecule has 0 aliphatic carbocycles. The molecule has 0 bridgehead atoms. The van der Waals surface area contributed by atoms with Crippen LogP contribution in [0.25, 0.3) is 0 Å². The Morgan fingerprint density at radius 3 is 2.36 bits per heavy atom. The number of carbonyl (C=O) groups excluding carboxylic acids is 1. The molecule has 1 aliphatic heterocycles. The minimum atomic E-state index is 0.0125. The summed E-state index contributed by atoms with van der Waals surface area (Å²) in [6, 6.07) is 12.3. The van der Waals surface area contributed by atoms with Crippen LogP contribution in [0.1, 0.15) is 30.3 Å². The van der Waals surface area contributed by atoms with E-state index in [2.05, 4.69) is 46.5 Å². The van der Waals surface area contributed by atoms with Gasteiger partial charge in [-0.1, -0.05) is 32.0 Å². The summed E-state index contributed by atoms with van der Waals surface area (Å²) in [6.07, 6.45) is 0. The Hall–Kier alpha value is -1.89. The molecule has 1 fully saturated rings. The van der Waals surface area contributed by atoms with Gasteiger partial charge in [-0.3, -0.25) is 14.6 Å². The van der Waals surface area contributed by atoms with Crippen molar-refractivity contribution in [2.45, 2.75) is 26.4 Å². The van der Waals surface area contributed by atoms with Crippen LogP contribution in [0.4, 0.5) is 0 Å². The van der Waals surface area contributed by atoms with Gasteiger partial charge in [0.25, 0.3) is 0 Å². The van der Waals surface area contributed by atoms with E-state index >= 15 is 0 Å². The van der Waals surface area contributed by atoms with Crippen molar-refractivity contribution in [1.82, 2.24) is 15.1 Å². The van der Waals surface area contributed by atoms with Crippen LogP contribution in [-0.4, -0.2) is 55.5 Å². The topological polar surface area (TPSA) is 44.8 Å². The molecule has 0 saturated carbocycles. The molecule has 1 amide bonds. The number of methoxy groups -OCH3 is 1. The Bertz CT molecular complexity index is 723. The summed E-state index contributed by atoms with van der Waals surface area (Å²) in [5.74, 6) is 1.25. The lowest BCUT2D eigenvalue weighted by Gasteiger charge is -2.34. The number of rotatable bonds is 8. The van der Waals surface area contributed by atoms with Gasteiger partial charge in [0.15, 0.2) is 0 Å². The van der Waals surface area contributed by atoms with Crippen LogP contribution < -0.4 is 10.1 Å². The maximum absolute atomic E-state index is 12.7. The highest BCUT2D eigenvalue weighted by Gasteiger charge is 2.22. The zero-order chi connectivity index (χ0) is 19.9.